The Hall–Kier alpha value is -1.02. The van der Waals surface area contributed by atoms with Crippen molar-refractivity contribution in [1.82, 2.24) is 0 Å². The third-order valence-corrected chi connectivity index (χ3v) is 2.79. The van der Waals surface area contributed by atoms with E-state index in [0.29, 0.717) is 12.2 Å². The Balaban J connectivity index is 1.81. The zero-order chi connectivity index (χ0) is 10.7. The third kappa shape index (κ3) is 2.96. The number of aryl methyl sites for hydroxylation is 1. The summed E-state index contributed by atoms with van der Waals surface area (Å²) in [5.41, 5.74) is 1.36. The van der Waals surface area contributed by atoms with E-state index in [9.17, 15) is 0 Å². The van der Waals surface area contributed by atoms with Crippen molar-refractivity contribution in [1.29, 1.82) is 0 Å². The van der Waals surface area contributed by atoms with Gasteiger partial charge in [0.05, 0.1) is 18.8 Å². The molecule has 2 heteroatoms. The van der Waals surface area contributed by atoms with Crippen LogP contribution in [0.3, 0.4) is 0 Å². The molecule has 15 heavy (non-hydrogen) atoms. The molecule has 0 radical (unpaired) electrons. The van der Waals surface area contributed by atoms with Crippen LogP contribution in [-0.4, -0.2) is 18.8 Å². The van der Waals surface area contributed by atoms with E-state index in [1.165, 1.54) is 5.56 Å². The summed E-state index contributed by atoms with van der Waals surface area (Å²) >= 11 is 0. The molecule has 1 fully saturated rings. The fourth-order valence-electron chi connectivity index (χ4n) is 1.76. The lowest BCUT2D eigenvalue weighted by molar-refractivity contribution is 0.340. The fraction of sp³-hybridized carbons (Fsp3) is 0.538. The van der Waals surface area contributed by atoms with Crippen LogP contribution in [0, 0.1) is 0 Å². The lowest BCUT2D eigenvalue weighted by Gasteiger charge is -2.04. The number of rotatable bonds is 5. The molecule has 1 aliphatic rings. The molecule has 0 aromatic heterocycles. The van der Waals surface area contributed by atoms with E-state index in [4.69, 9.17) is 9.47 Å². The van der Waals surface area contributed by atoms with Gasteiger partial charge in [0.2, 0.25) is 0 Å². The van der Waals surface area contributed by atoms with Gasteiger partial charge < -0.3 is 9.47 Å². The highest BCUT2D eigenvalue weighted by Gasteiger charge is 2.33. The minimum atomic E-state index is 0.479. The first-order chi connectivity index (χ1) is 7.29. The Labute approximate surface area is 91.2 Å². The Bertz CT molecular complexity index is 305. The molecule has 0 N–H and O–H groups in total. The smallest absolute Gasteiger partial charge is 0.119 e. The first-order valence-electron chi connectivity index (χ1n) is 5.67. The summed E-state index contributed by atoms with van der Waals surface area (Å²) in [7, 11) is 0. The average molecular weight is 206 g/mol. The summed E-state index contributed by atoms with van der Waals surface area (Å²) in [6.45, 7) is 4.86. The normalized spacial score (nSPS) is 23.9. The maximum atomic E-state index is 5.39. The molecule has 2 nitrogen and oxygen atoms in total. The Morgan fingerprint density at radius 1 is 1.27 bits per heavy atom. The lowest BCUT2D eigenvalue weighted by Crippen LogP contribution is -1.95. The molecule has 1 saturated heterocycles. The summed E-state index contributed by atoms with van der Waals surface area (Å²) in [6, 6.07) is 8.35. The van der Waals surface area contributed by atoms with E-state index >= 15 is 0 Å². The SMILES string of the molecule is CCOc1ccc(CCC2OC2C)cc1. The van der Waals surface area contributed by atoms with E-state index in [1.54, 1.807) is 0 Å². The predicted octanol–water partition coefficient (Wildman–Crippen LogP) is 2.81. The molecule has 82 valence electrons. The Morgan fingerprint density at radius 2 is 1.93 bits per heavy atom. The van der Waals surface area contributed by atoms with Crippen LogP contribution in [0.4, 0.5) is 0 Å². The molecule has 0 amide bonds. The zero-order valence-corrected chi connectivity index (χ0v) is 9.40. The second-order valence-corrected chi connectivity index (χ2v) is 4.00. The van der Waals surface area contributed by atoms with Gasteiger partial charge >= 0.3 is 0 Å². The Morgan fingerprint density at radius 3 is 2.47 bits per heavy atom. The molecule has 1 heterocycles. The standard InChI is InChI=1S/C13H18O2/c1-3-14-12-7-4-11(5-8-12)6-9-13-10(2)15-13/h4-5,7-8,10,13H,3,6,9H2,1-2H3. The van der Waals surface area contributed by atoms with E-state index in [2.05, 4.69) is 19.1 Å². The molecule has 2 unspecified atom stereocenters. The minimum absolute atomic E-state index is 0.479. The van der Waals surface area contributed by atoms with Gasteiger partial charge in [-0.25, -0.2) is 0 Å². The average Bonchev–Trinajstić information content (AvgIpc) is 2.94. The van der Waals surface area contributed by atoms with Crippen molar-refractivity contribution in [2.75, 3.05) is 6.61 Å². The molecular weight excluding hydrogens is 188 g/mol. The van der Waals surface area contributed by atoms with Crippen molar-refractivity contribution < 1.29 is 9.47 Å². The highest BCUT2D eigenvalue weighted by atomic mass is 16.6. The second-order valence-electron chi connectivity index (χ2n) is 4.00. The van der Waals surface area contributed by atoms with E-state index in [-0.39, 0.29) is 0 Å². The number of epoxide rings is 1. The van der Waals surface area contributed by atoms with Gasteiger partial charge in [-0.3, -0.25) is 0 Å². The largest absolute Gasteiger partial charge is 0.494 e. The van der Waals surface area contributed by atoms with Gasteiger partial charge in [-0.15, -0.1) is 0 Å². The first-order valence-corrected chi connectivity index (χ1v) is 5.67. The molecule has 0 saturated carbocycles. The van der Waals surface area contributed by atoms with Crippen molar-refractivity contribution in [3.05, 3.63) is 29.8 Å². The summed E-state index contributed by atoms with van der Waals surface area (Å²) in [4.78, 5) is 0. The second kappa shape index (κ2) is 4.67. The lowest BCUT2D eigenvalue weighted by atomic mass is 10.1. The van der Waals surface area contributed by atoms with Crippen LogP contribution in [0.5, 0.6) is 5.75 Å². The van der Waals surface area contributed by atoms with Gasteiger partial charge in [0.15, 0.2) is 0 Å². The van der Waals surface area contributed by atoms with E-state index < -0.39 is 0 Å². The molecule has 2 rings (SSSR count). The first kappa shape index (κ1) is 10.5. The minimum Gasteiger partial charge on any atom is -0.494 e. The molecule has 2 atom stereocenters. The molecule has 1 aromatic carbocycles. The molecule has 0 spiro atoms. The highest BCUT2D eigenvalue weighted by Crippen LogP contribution is 2.26. The van der Waals surface area contributed by atoms with Crippen molar-refractivity contribution in [2.24, 2.45) is 0 Å². The highest BCUT2D eigenvalue weighted by molar-refractivity contribution is 5.27. The molecule has 1 aliphatic heterocycles. The van der Waals surface area contributed by atoms with Crippen LogP contribution in [0.2, 0.25) is 0 Å². The number of benzene rings is 1. The van der Waals surface area contributed by atoms with Gasteiger partial charge in [0.25, 0.3) is 0 Å². The van der Waals surface area contributed by atoms with Crippen LogP contribution >= 0.6 is 0 Å². The summed E-state index contributed by atoms with van der Waals surface area (Å²) in [5.74, 6) is 0.956. The quantitative estimate of drug-likeness (QED) is 0.691. The van der Waals surface area contributed by atoms with Gasteiger partial charge in [-0.1, -0.05) is 12.1 Å². The number of hydrogen-bond acceptors (Lipinski definition) is 2. The van der Waals surface area contributed by atoms with Gasteiger partial charge in [-0.2, -0.15) is 0 Å². The number of ether oxygens (including phenoxy) is 2. The maximum Gasteiger partial charge on any atom is 0.119 e. The van der Waals surface area contributed by atoms with Gasteiger partial charge in [-0.05, 0) is 44.4 Å². The summed E-state index contributed by atoms with van der Waals surface area (Å²) in [5, 5.41) is 0. The topological polar surface area (TPSA) is 21.8 Å². The van der Waals surface area contributed by atoms with E-state index in [1.807, 2.05) is 19.1 Å². The van der Waals surface area contributed by atoms with E-state index in [0.717, 1.165) is 25.2 Å². The summed E-state index contributed by atoms with van der Waals surface area (Å²) < 4.78 is 10.8. The fourth-order valence-corrected chi connectivity index (χ4v) is 1.76. The van der Waals surface area contributed by atoms with Crippen LogP contribution in [-0.2, 0) is 11.2 Å². The zero-order valence-electron chi connectivity index (χ0n) is 9.40. The Kier molecular flexibility index (Phi) is 3.27. The maximum absolute atomic E-state index is 5.39. The monoisotopic (exact) mass is 206 g/mol. The van der Waals surface area contributed by atoms with Crippen LogP contribution in [0.25, 0.3) is 0 Å². The molecule has 0 bridgehead atoms. The van der Waals surface area contributed by atoms with Crippen LogP contribution in [0.1, 0.15) is 25.8 Å². The van der Waals surface area contributed by atoms with Gasteiger partial charge in [0.1, 0.15) is 5.75 Å². The summed E-state index contributed by atoms with van der Waals surface area (Å²) in [6.07, 6.45) is 3.21. The molecular formula is C13H18O2. The van der Waals surface area contributed by atoms with Crippen molar-refractivity contribution in [2.45, 2.75) is 38.9 Å². The predicted molar refractivity (Wildman–Crippen MR) is 60.3 cm³/mol. The molecule has 0 aliphatic carbocycles. The molecule has 1 aromatic rings. The number of hydrogen-bond donors (Lipinski definition) is 0. The third-order valence-electron chi connectivity index (χ3n) is 2.79. The van der Waals surface area contributed by atoms with Crippen LogP contribution in [0.15, 0.2) is 24.3 Å². The van der Waals surface area contributed by atoms with Crippen LogP contribution < -0.4 is 4.74 Å². The van der Waals surface area contributed by atoms with Crippen molar-refractivity contribution in [3.8, 4) is 5.75 Å². The van der Waals surface area contributed by atoms with Crippen molar-refractivity contribution in [3.63, 3.8) is 0 Å². The van der Waals surface area contributed by atoms with Gasteiger partial charge in [0, 0.05) is 0 Å². The van der Waals surface area contributed by atoms with Crippen molar-refractivity contribution >= 4 is 0 Å².